The van der Waals surface area contributed by atoms with Crippen LogP contribution in [-0.2, 0) is 11.2 Å². The predicted molar refractivity (Wildman–Crippen MR) is 45.8 cm³/mol. The minimum atomic E-state index is -1.52. The Morgan fingerprint density at radius 3 is 2.29 bits per heavy atom. The van der Waals surface area contributed by atoms with Gasteiger partial charge in [-0.05, 0) is 17.5 Å². The second-order valence-electron chi connectivity index (χ2n) is 2.82. The third-order valence-electron chi connectivity index (χ3n) is 1.93. The fourth-order valence-corrected chi connectivity index (χ4v) is 1.07. The van der Waals surface area contributed by atoms with Gasteiger partial charge in [-0.25, -0.2) is 0 Å². The Morgan fingerprint density at radius 2 is 1.93 bits per heavy atom. The van der Waals surface area contributed by atoms with Gasteiger partial charge in [0, 0.05) is 0 Å². The van der Waals surface area contributed by atoms with Crippen molar-refractivity contribution >= 4 is 5.97 Å². The Balaban J connectivity index is 0.00000169. The van der Waals surface area contributed by atoms with Gasteiger partial charge in [0.25, 0.3) is 0 Å². The molecule has 0 spiro atoms. The van der Waals surface area contributed by atoms with Crippen molar-refractivity contribution < 1.29 is 44.6 Å². The summed E-state index contributed by atoms with van der Waals surface area (Å²) in [6.07, 6.45) is -0.632. The smallest absolute Gasteiger partial charge is 0.547 e. The molecule has 0 saturated carbocycles. The van der Waals surface area contributed by atoms with Crippen molar-refractivity contribution in [2.24, 2.45) is 0 Å². The maximum Gasteiger partial charge on any atom is 1.00 e. The van der Waals surface area contributed by atoms with E-state index in [1.54, 1.807) is 24.3 Å². The number of carbonyl (C=O) groups excluding carboxylic acids is 1. The van der Waals surface area contributed by atoms with Crippen LogP contribution in [0.3, 0.4) is 0 Å². The number of carboxylic acid groups (broad SMARTS) is 1. The molecule has 0 fully saturated rings. The topological polar surface area (TPSA) is 60.4 Å². The molecule has 14 heavy (non-hydrogen) atoms. The van der Waals surface area contributed by atoms with E-state index in [2.05, 4.69) is 0 Å². The first-order valence-corrected chi connectivity index (χ1v) is 4.13. The normalized spacial score (nSPS) is 11.6. The number of carboxylic acids is 1. The Hall–Kier alpha value is -0.350. The first-order valence-electron chi connectivity index (χ1n) is 4.13. The minimum Gasteiger partial charge on any atom is -0.547 e. The fraction of sp³-hybridized carbons (Fsp3) is 0.300. The van der Waals surface area contributed by atoms with Gasteiger partial charge in [0.15, 0.2) is 0 Å². The van der Waals surface area contributed by atoms with Crippen LogP contribution in [0.25, 0.3) is 0 Å². The summed E-state index contributed by atoms with van der Waals surface area (Å²) in [5.41, 5.74) is 1.46. The molecule has 0 saturated heterocycles. The van der Waals surface area contributed by atoms with Gasteiger partial charge in [-0.2, -0.15) is 0 Å². The van der Waals surface area contributed by atoms with Crippen LogP contribution in [0.4, 0.5) is 0 Å². The molecule has 1 N–H and O–H groups in total. The molecule has 0 unspecified atom stereocenters. The van der Waals surface area contributed by atoms with E-state index in [0.717, 1.165) is 12.0 Å². The third kappa shape index (κ3) is 3.42. The van der Waals surface area contributed by atoms with Gasteiger partial charge in [0.1, 0.15) is 6.10 Å². The van der Waals surface area contributed by atoms with Gasteiger partial charge in [-0.15, -0.1) is 0 Å². The van der Waals surface area contributed by atoms with Crippen molar-refractivity contribution in [3.63, 3.8) is 0 Å². The molecule has 3 nitrogen and oxygen atoms in total. The molecule has 0 aliphatic rings. The summed E-state index contributed by atoms with van der Waals surface area (Å²) >= 11 is 0. The Kier molecular flexibility index (Phi) is 6.04. The molecule has 0 amide bonds. The van der Waals surface area contributed by atoms with Crippen molar-refractivity contribution in [2.45, 2.75) is 19.4 Å². The van der Waals surface area contributed by atoms with Crippen LogP contribution in [0.15, 0.2) is 24.3 Å². The zero-order valence-electron chi connectivity index (χ0n) is 8.36. The van der Waals surface area contributed by atoms with E-state index < -0.39 is 12.1 Å². The molecule has 1 atom stereocenters. The summed E-state index contributed by atoms with van der Waals surface area (Å²) in [4.78, 5) is 10.3. The molecule has 4 heteroatoms. The van der Waals surface area contributed by atoms with Crippen molar-refractivity contribution in [2.75, 3.05) is 0 Å². The third-order valence-corrected chi connectivity index (χ3v) is 1.93. The quantitative estimate of drug-likeness (QED) is 0.533. The number of benzene rings is 1. The molecule has 0 aliphatic heterocycles. The second kappa shape index (κ2) is 6.19. The van der Waals surface area contributed by atoms with Crippen LogP contribution in [-0.4, -0.2) is 11.1 Å². The van der Waals surface area contributed by atoms with E-state index in [1.165, 1.54) is 0 Å². The number of hydrogen-bond acceptors (Lipinski definition) is 3. The number of aryl methyl sites for hydroxylation is 1. The predicted octanol–water partition coefficient (Wildman–Crippen LogP) is -2.96. The van der Waals surface area contributed by atoms with Gasteiger partial charge in [-0.1, -0.05) is 31.2 Å². The summed E-state index contributed by atoms with van der Waals surface area (Å²) in [6.45, 7) is 2.00. The van der Waals surface area contributed by atoms with Crippen molar-refractivity contribution in [1.29, 1.82) is 0 Å². The van der Waals surface area contributed by atoms with Crippen LogP contribution in [0, 0.1) is 0 Å². The largest absolute Gasteiger partial charge is 1.00 e. The molecule has 0 bridgehead atoms. The Bertz CT molecular complexity index is 295. The van der Waals surface area contributed by atoms with Crippen molar-refractivity contribution in [1.82, 2.24) is 0 Å². The number of hydrogen-bond donors (Lipinski definition) is 1. The molecule has 1 aromatic rings. The van der Waals surface area contributed by atoms with E-state index in [9.17, 15) is 9.90 Å². The van der Waals surface area contributed by atoms with Crippen LogP contribution >= 0.6 is 0 Å². The molecule has 0 aromatic heterocycles. The standard InChI is InChI=1S/C10H12O3.Na/c1-2-7-3-5-8(6-4-7)9(11)10(12)13;/h3-6,9,11H,2H2,1H3,(H,12,13);/q;+1/p-1/t9-;/m1./s1. The summed E-state index contributed by atoms with van der Waals surface area (Å²) in [6, 6.07) is 6.78. The fourth-order valence-electron chi connectivity index (χ4n) is 1.07. The Morgan fingerprint density at radius 1 is 1.43 bits per heavy atom. The summed E-state index contributed by atoms with van der Waals surface area (Å²) in [5.74, 6) is -1.47. The molecular formula is C10H11NaO3. The maximum absolute atomic E-state index is 10.3. The number of aliphatic hydroxyl groups is 1. The number of aliphatic carboxylic acids is 1. The molecular weight excluding hydrogens is 191 g/mol. The van der Waals surface area contributed by atoms with Crippen LogP contribution in [0.2, 0.25) is 0 Å². The summed E-state index contributed by atoms with van der Waals surface area (Å²) in [5, 5.41) is 19.4. The van der Waals surface area contributed by atoms with Crippen LogP contribution in [0.1, 0.15) is 24.2 Å². The molecule has 0 aliphatic carbocycles. The first kappa shape index (κ1) is 13.7. The SMILES string of the molecule is CCc1ccc([C@@H](O)C(=O)[O-])cc1.[Na+]. The summed E-state index contributed by atoms with van der Waals surface area (Å²) < 4.78 is 0. The monoisotopic (exact) mass is 202 g/mol. The number of carbonyl (C=O) groups is 1. The average molecular weight is 202 g/mol. The van der Waals surface area contributed by atoms with Gasteiger partial charge in [0.05, 0.1) is 5.97 Å². The van der Waals surface area contributed by atoms with Crippen LogP contribution < -0.4 is 34.7 Å². The van der Waals surface area contributed by atoms with Crippen LogP contribution in [0.5, 0.6) is 0 Å². The second-order valence-corrected chi connectivity index (χ2v) is 2.82. The Labute approximate surface area is 105 Å². The number of aliphatic hydroxyl groups excluding tert-OH is 1. The van der Waals surface area contributed by atoms with E-state index in [0.29, 0.717) is 5.56 Å². The van der Waals surface area contributed by atoms with Gasteiger partial charge >= 0.3 is 29.6 Å². The summed E-state index contributed by atoms with van der Waals surface area (Å²) in [7, 11) is 0. The van der Waals surface area contributed by atoms with Gasteiger partial charge in [0.2, 0.25) is 0 Å². The minimum absolute atomic E-state index is 0. The molecule has 1 aromatic carbocycles. The first-order chi connectivity index (χ1) is 6.15. The molecule has 70 valence electrons. The molecule has 0 heterocycles. The zero-order chi connectivity index (χ0) is 9.84. The van der Waals surface area contributed by atoms with E-state index in [4.69, 9.17) is 5.11 Å². The number of rotatable bonds is 3. The van der Waals surface area contributed by atoms with E-state index in [1.807, 2.05) is 6.92 Å². The van der Waals surface area contributed by atoms with E-state index >= 15 is 0 Å². The van der Waals surface area contributed by atoms with E-state index in [-0.39, 0.29) is 29.6 Å². The molecule has 1 rings (SSSR count). The zero-order valence-corrected chi connectivity index (χ0v) is 10.4. The molecule has 0 radical (unpaired) electrons. The average Bonchev–Trinajstić information content (AvgIpc) is 2.17. The maximum atomic E-state index is 10.3. The van der Waals surface area contributed by atoms with Crippen molar-refractivity contribution in [3.8, 4) is 0 Å². The van der Waals surface area contributed by atoms with Gasteiger partial charge in [-0.3, -0.25) is 0 Å². The van der Waals surface area contributed by atoms with Gasteiger partial charge < -0.3 is 15.0 Å². The van der Waals surface area contributed by atoms with Crippen molar-refractivity contribution in [3.05, 3.63) is 35.4 Å².